The second-order valence-corrected chi connectivity index (χ2v) is 6.25. The predicted octanol–water partition coefficient (Wildman–Crippen LogP) is 0.197. The molecule has 2 aliphatic heterocycles. The Balaban J connectivity index is 1.87. The minimum absolute atomic E-state index is 0.0226. The maximum atomic E-state index is 12.6. The average molecular weight is 292 g/mol. The van der Waals surface area contributed by atoms with Crippen molar-refractivity contribution >= 4 is 11.9 Å². The van der Waals surface area contributed by atoms with Crippen molar-refractivity contribution in [2.45, 2.75) is 13.3 Å². The molecule has 7 heteroatoms. The summed E-state index contributed by atoms with van der Waals surface area (Å²) in [7, 11) is 1.93. The SMILES string of the molecule is Cc1[nH]cnc1C(=O)N1C[C@@H]2CCN(C)C[C@]2(C(=O)O)C1. The van der Waals surface area contributed by atoms with Crippen LogP contribution in [0.3, 0.4) is 0 Å². The zero-order valence-electron chi connectivity index (χ0n) is 12.3. The van der Waals surface area contributed by atoms with Crippen LogP contribution in [0.4, 0.5) is 0 Å². The third-order valence-corrected chi connectivity index (χ3v) is 4.85. The van der Waals surface area contributed by atoms with E-state index in [2.05, 4.69) is 9.97 Å². The molecule has 0 spiro atoms. The predicted molar refractivity (Wildman–Crippen MR) is 74.9 cm³/mol. The standard InChI is InChI=1S/C14H20N4O3/c1-9-11(16-8-15-9)12(19)18-5-10-3-4-17(2)6-14(10,7-18)13(20)21/h8,10H,3-7H2,1-2H3,(H,15,16)(H,20,21)/t10-,14-/m0/s1. The number of imidazole rings is 1. The number of nitrogens with zero attached hydrogens (tertiary/aromatic N) is 3. The lowest BCUT2D eigenvalue weighted by Gasteiger charge is -2.39. The molecule has 0 saturated carbocycles. The van der Waals surface area contributed by atoms with E-state index in [4.69, 9.17) is 0 Å². The molecule has 1 aromatic heterocycles. The molecule has 0 unspecified atom stereocenters. The van der Waals surface area contributed by atoms with Crippen LogP contribution in [0.1, 0.15) is 22.6 Å². The monoisotopic (exact) mass is 292 g/mol. The van der Waals surface area contributed by atoms with Gasteiger partial charge in [-0.15, -0.1) is 0 Å². The summed E-state index contributed by atoms with van der Waals surface area (Å²) in [6.07, 6.45) is 2.30. The van der Waals surface area contributed by atoms with Gasteiger partial charge in [0.1, 0.15) is 11.1 Å². The molecule has 21 heavy (non-hydrogen) atoms. The number of fused-ring (bicyclic) bond motifs is 1. The lowest BCUT2D eigenvalue weighted by Crippen LogP contribution is -2.52. The van der Waals surface area contributed by atoms with Crippen LogP contribution in [0, 0.1) is 18.3 Å². The fourth-order valence-electron chi connectivity index (χ4n) is 3.65. The van der Waals surface area contributed by atoms with Gasteiger partial charge in [-0.1, -0.05) is 0 Å². The van der Waals surface area contributed by atoms with E-state index >= 15 is 0 Å². The van der Waals surface area contributed by atoms with Crippen LogP contribution in [0.25, 0.3) is 0 Å². The molecule has 2 atom stereocenters. The number of carboxylic acids is 1. The summed E-state index contributed by atoms with van der Waals surface area (Å²) in [5.74, 6) is -0.950. The summed E-state index contributed by atoms with van der Waals surface area (Å²) in [6, 6.07) is 0. The van der Waals surface area contributed by atoms with Crippen LogP contribution >= 0.6 is 0 Å². The Morgan fingerprint density at radius 3 is 2.86 bits per heavy atom. The van der Waals surface area contributed by atoms with E-state index in [1.54, 1.807) is 11.8 Å². The van der Waals surface area contributed by atoms with Gasteiger partial charge < -0.3 is 19.9 Å². The highest BCUT2D eigenvalue weighted by molar-refractivity contribution is 5.94. The second kappa shape index (κ2) is 4.84. The highest BCUT2D eigenvalue weighted by Crippen LogP contribution is 2.42. The van der Waals surface area contributed by atoms with Crippen LogP contribution < -0.4 is 0 Å². The number of carboxylic acid groups (broad SMARTS) is 1. The number of nitrogens with one attached hydrogen (secondary N) is 1. The molecule has 2 saturated heterocycles. The number of aromatic nitrogens is 2. The van der Waals surface area contributed by atoms with Crippen LogP contribution in [0.15, 0.2) is 6.33 Å². The minimum atomic E-state index is -0.840. The second-order valence-electron chi connectivity index (χ2n) is 6.25. The lowest BCUT2D eigenvalue weighted by atomic mass is 9.73. The number of aromatic amines is 1. The Morgan fingerprint density at radius 2 is 2.24 bits per heavy atom. The van der Waals surface area contributed by atoms with Crippen molar-refractivity contribution in [3.8, 4) is 0 Å². The molecule has 114 valence electrons. The lowest BCUT2D eigenvalue weighted by molar-refractivity contribution is -0.153. The average Bonchev–Trinajstić information content (AvgIpc) is 3.01. The van der Waals surface area contributed by atoms with E-state index in [0.717, 1.165) is 18.7 Å². The van der Waals surface area contributed by atoms with Gasteiger partial charge in [0.25, 0.3) is 5.91 Å². The molecular weight excluding hydrogens is 272 g/mol. The van der Waals surface area contributed by atoms with Crippen LogP contribution in [0.2, 0.25) is 0 Å². The summed E-state index contributed by atoms with van der Waals surface area (Å²) >= 11 is 0. The van der Waals surface area contributed by atoms with E-state index < -0.39 is 11.4 Å². The molecular formula is C14H20N4O3. The normalized spacial score (nSPS) is 29.4. The topological polar surface area (TPSA) is 89.5 Å². The van der Waals surface area contributed by atoms with Crippen LogP contribution in [0.5, 0.6) is 0 Å². The third-order valence-electron chi connectivity index (χ3n) is 4.85. The molecule has 0 aromatic carbocycles. The molecule has 1 amide bonds. The van der Waals surface area contributed by atoms with E-state index in [0.29, 0.717) is 18.8 Å². The molecule has 0 bridgehead atoms. The zero-order chi connectivity index (χ0) is 15.2. The highest BCUT2D eigenvalue weighted by atomic mass is 16.4. The Hall–Kier alpha value is -1.89. The van der Waals surface area contributed by atoms with Gasteiger partial charge in [0.15, 0.2) is 0 Å². The Kier molecular flexibility index (Phi) is 3.24. The van der Waals surface area contributed by atoms with E-state index in [9.17, 15) is 14.7 Å². The fraction of sp³-hybridized carbons (Fsp3) is 0.643. The smallest absolute Gasteiger partial charge is 0.313 e. The fourth-order valence-corrected chi connectivity index (χ4v) is 3.65. The summed E-state index contributed by atoms with van der Waals surface area (Å²) in [6.45, 7) is 3.94. The Bertz CT molecular complexity index is 585. The Morgan fingerprint density at radius 1 is 1.48 bits per heavy atom. The number of likely N-dealkylation sites (tertiary alicyclic amines) is 2. The first-order valence-electron chi connectivity index (χ1n) is 7.15. The molecule has 0 aliphatic carbocycles. The summed E-state index contributed by atoms with van der Waals surface area (Å²) in [5.41, 5.74) is 0.270. The molecule has 2 fully saturated rings. The number of hydrogen-bond donors (Lipinski definition) is 2. The number of aliphatic carboxylic acids is 1. The minimum Gasteiger partial charge on any atom is -0.481 e. The number of rotatable bonds is 2. The van der Waals surface area contributed by atoms with E-state index in [-0.39, 0.29) is 18.4 Å². The van der Waals surface area contributed by atoms with Crippen molar-refractivity contribution in [1.29, 1.82) is 0 Å². The van der Waals surface area contributed by atoms with Gasteiger partial charge in [-0.05, 0) is 32.9 Å². The van der Waals surface area contributed by atoms with E-state index in [1.165, 1.54) is 6.33 Å². The summed E-state index contributed by atoms with van der Waals surface area (Å²) in [5, 5.41) is 9.72. The van der Waals surface area contributed by atoms with Gasteiger partial charge in [-0.25, -0.2) is 4.98 Å². The van der Waals surface area contributed by atoms with Gasteiger partial charge >= 0.3 is 5.97 Å². The quantitative estimate of drug-likeness (QED) is 0.812. The molecule has 0 radical (unpaired) electrons. The number of carbonyl (C=O) groups excluding carboxylic acids is 1. The number of carbonyl (C=O) groups is 2. The summed E-state index contributed by atoms with van der Waals surface area (Å²) < 4.78 is 0. The van der Waals surface area contributed by atoms with Crippen molar-refractivity contribution in [2.75, 3.05) is 33.2 Å². The molecule has 1 aromatic rings. The van der Waals surface area contributed by atoms with Crippen molar-refractivity contribution in [3.05, 3.63) is 17.7 Å². The zero-order valence-corrected chi connectivity index (χ0v) is 12.3. The Labute approximate surface area is 122 Å². The van der Waals surface area contributed by atoms with Gasteiger partial charge in [0, 0.05) is 25.3 Å². The third kappa shape index (κ3) is 2.12. The first-order chi connectivity index (χ1) is 9.94. The van der Waals surface area contributed by atoms with Gasteiger partial charge in [-0.3, -0.25) is 9.59 Å². The van der Waals surface area contributed by atoms with Crippen LogP contribution in [-0.4, -0.2) is 70.0 Å². The van der Waals surface area contributed by atoms with Gasteiger partial charge in [0.2, 0.25) is 0 Å². The van der Waals surface area contributed by atoms with Crippen molar-refractivity contribution < 1.29 is 14.7 Å². The van der Waals surface area contributed by atoms with Crippen LogP contribution in [-0.2, 0) is 4.79 Å². The molecule has 7 nitrogen and oxygen atoms in total. The molecule has 3 heterocycles. The maximum Gasteiger partial charge on any atom is 0.313 e. The number of aryl methyl sites for hydroxylation is 1. The molecule has 2 aliphatic rings. The van der Waals surface area contributed by atoms with Crippen molar-refractivity contribution in [2.24, 2.45) is 11.3 Å². The van der Waals surface area contributed by atoms with Crippen molar-refractivity contribution in [1.82, 2.24) is 19.8 Å². The first-order valence-corrected chi connectivity index (χ1v) is 7.15. The summed E-state index contributed by atoms with van der Waals surface area (Å²) in [4.78, 5) is 35.0. The number of hydrogen-bond acceptors (Lipinski definition) is 4. The van der Waals surface area contributed by atoms with Gasteiger partial charge in [0.05, 0.1) is 6.33 Å². The largest absolute Gasteiger partial charge is 0.481 e. The van der Waals surface area contributed by atoms with Gasteiger partial charge in [-0.2, -0.15) is 0 Å². The van der Waals surface area contributed by atoms with Crippen molar-refractivity contribution in [3.63, 3.8) is 0 Å². The molecule has 2 N–H and O–H groups in total. The molecule has 3 rings (SSSR count). The number of piperidine rings is 1. The number of H-pyrrole nitrogens is 1. The first kappa shape index (κ1) is 14.1. The number of amides is 1. The van der Waals surface area contributed by atoms with E-state index in [1.807, 2.05) is 11.9 Å². The maximum absolute atomic E-state index is 12.6. The highest BCUT2D eigenvalue weighted by Gasteiger charge is 2.55.